The summed E-state index contributed by atoms with van der Waals surface area (Å²) < 4.78 is 6.93. The summed E-state index contributed by atoms with van der Waals surface area (Å²) in [6.45, 7) is 6.42. The minimum absolute atomic E-state index is 0.222. The molecule has 100 valence electrons. The van der Waals surface area contributed by atoms with Crippen LogP contribution in [0.4, 0.5) is 0 Å². The number of aromatic nitrogens is 2. The summed E-state index contributed by atoms with van der Waals surface area (Å²) in [7, 11) is 1.43. The van der Waals surface area contributed by atoms with E-state index >= 15 is 0 Å². The molecule has 0 radical (unpaired) electrons. The lowest BCUT2D eigenvalue weighted by molar-refractivity contribution is -0.148. The summed E-state index contributed by atoms with van der Waals surface area (Å²) in [5.41, 5.74) is 1.39. The molecule has 0 spiro atoms. The van der Waals surface area contributed by atoms with Crippen LogP contribution >= 0.6 is 0 Å². The Morgan fingerprint density at radius 1 is 1.61 bits per heavy atom. The molecule has 2 rings (SSSR count). The van der Waals surface area contributed by atoms with Gasteiger partial charge in [-0.15, -0.1) is 0 Å². The molecule has 0 amide bonds. The second-order valence-corrected chi connectivity index (χ2v) is 5.29. The van der Waals surface area contributed by atoms with Crippen LogP contribution in [0.1, 0.15) is 31.2 Å². The van der Waals surface area contributed by atoms with Gasteiger partial charge in [0, 0.05) is 11.7 Å². The maximum absolute atomic E-state index is 12.0. The van der Waals surface area contributed by atoms with Crippen LogP contribution in [-0.2, 0) is 16.1 Å². The predicted octanol–water partition coefficient (Wildman–Crippen LogP) is 1.18. The zero-order valence-electron chi connectivity index (χ0n) is 11.5. The molecule has 1 aromatic rings. The highest BCUT2D eigenvalue weighted by Crippen LogP contribution is 2.24. The molecule has 1 N–H and O–H groups in total. The Balaban J connectivity index is 2.18. The molecule has 1 aliphatic carbocycles. The molecular weight excluding hydrogens is 230 g/mol. The number of ether oxygens (including phenoxy) is 1. The third kappa shape index (κ3) is 2.56. The SMILES string of the molecule is COC(=O)C(C)(Cn1cnc(C)c1C)NC1CC1. The van der Waals surface area contributed by atoms with Crippen molar-refractivity contribution in [2.75, 3.05) is 7.11 Å². The monoisotopic (exact) mass is 251 g/mol. The number of esters is 1. The molecule has 1 heterocycles. The van der Waals surface area contributed by atoms with E-state index in [-0.39, 0.29) is 5.97 Å². The van der Waals surface area contributed by atoms with E-state index < -0.39 is 5.54 Å². The predicted molar refractivity (Wildman–Crippen MR) is 68.3 cm³/mol. The second kappa shape index (κ2) is 4.72. The molecule has 0 aromatic carbocycles. The maximum Gasteiger partial charge on any atom is 0.327 e. The van der Waals surface area contributed by atoms with Gasteiger partial charge in [-0.1, -0.05) is 0 Å². The first-order chi connectivity index (χ1) is 8.46. The third-order valence-corrected chi connectivity index (χ3v) is 3.57. The summed E-state index contributed by atoms with van der Waals surface area (Å²) in [5, 5.41) is 3.38. The lowest BCUT2D eigenvalue weighted by Crippen LogP contribution is -2.54. The normalized spacial score (nSPS) is 18.4. The maximum atomic E-state index is 12.0. The van der Waals surface area contributed by atoms with Crippen molar-refractivity contribution in [1.29, 1.82) is 0 Å². The number of hydrogen-bond donors (Lipinski definition) is 1. The zero-order chi connectivity index (χ0) is 13.3. The second-order valence-electron chi connectivity index (χ2n) is 5.29. The van der Waals surface area contributed by atoms with Gasteiger partial charge in [-0.25, -0.2) is 9.78 Å². The van der Waals surface area contributed by atoms with Crippen molar-refractivity contribution in [3.05, 3.63) is 17.7 Å². The molecule has 1 fully saturated rings. The number of aryl methyl sites for hydroxylation is 1. The van der Waals surface area contributed by atoms with Crippen LogP contribution in [0.2, 0.25) is 0 Å². The number of carbonyl (C=O) groups is 1. The number of hydrogen-bond acceptors (Lipinski definition) is 4. The first kappa shape index (κ1) is 13.1. The lowest BCUT2D eigenvalue weighted by atomic mass is 10.0. The lowest BCUT2D eigenvalue weighted by Gasteiger charge is -2.29. The minimum Gasteiger partial charge on any atom is -0.468 e. The standard InChI is InChI=1S/C13H21N3O2/c1-9-10(2)16(8-14-9)7-13(3,12(17)18-4)15-11-5-6-11/h8,11,15H,5-7H2,1-4H3. The third-order valence-electron chi connectivity index (χ3n) is 3.57. The fourth-order valence-electron chi connectivity index (χ4n) is 2.12. The molecular formula is C13H21N3O2. The van der Waals surface area contributed by atoms with E-state index in [9.17, 15) is 4.79 Å². The first-order valence-electron chi connectivity index (χ1n) is 6.31. The van der Waals surface area contributed by atoms with Crippen LogP contribution in [0.25, 0.3) is 0 Å². The van der Waals surface area contributed by atoms with Gasteiger partial charge >= 0.3 is 5.97 Å². The van der Waals surface area contributed by atoms with Crippen LogP contribution in [0.15, 0.2) is 6.33 Å². The van der Waals surface area contributed by atoms with E-state index in [0.29, 0.717) is 12.6 Å². The van der Waals surface area contributed by atoms with Gasteiger partial charge < -0.3 is 9.30 Å². The van der Waals surface area contributed by atoms with Crippen molar-refractivity contribution in [3.63, 3.8) is 0 Å². The van der Waals surface area contributed by atoms with Crippen molar-refractivity contribution in [3.8, 4) is 0 Å². The van der Waals surface area contributed by atoms with Gasteiger partial charge in [0.05, 0.1) is 25.7 Å². The fraction of sp³-hybridized carbons (Fsp3) is 0.692. The molecule has 5 heteroatoms. The number of imidazole rings is 1. The number of carbonyl (C=O) groups excluding carboxylic acids is 1. The summed E-state index contributed by atoms with van der Waals surface area (Å²) in [6.07, 6.45) is 4.05. The number of methoxy groups -OCH3 is 1. The van der Waals surface area contributed by atoms with E-state index in [4.69, 9.17) is 4.74 Å². The number of nitrogens with one attached hydrogen (secondary N) is 1. The Hall–Kier alpha value is -1.36. The molecule has 1 saturated carbocycles. The average molecular weight is 251 g/mol. The Bertz CT molecular complexity index is 451. The molecule has 0 bridgehead atoms. The molecule has 5 nitrogen and oxygen atoms in total. The quantitative estimate of drug-likeness (QED) is 0.799. The van der Waals surface area contributed by atoms with Crippen molar-refractivity contribution < 1.29 is 9.53 Å². The average Bonchev–Trinajstić information content (AvgIpc) is 3.10. The van der Waals surface area contributed by atoms with Crippen LogP contribution in [0, 0.1) is 13.8 Å². The number of nitrogens with zero attached hydrogens (tertiary/aromatic N) is 2. The van der Waals surface area contributed by atoms with Crippen molar-refractivity contribution in [2.45, 2.75) is 51.7 Å². The van der Waals surface area contributed by atoms with Crippen LogP contribution in [0.5, 0.6) is 0 Å². The summed E-state index contributed by atoms with van der Waals surface area (Å²) >= 11 is 0. The van der Waals surface area contributed by atoms with Gasteiger partial charge in [0.1, 0.15) is 5.54 Å². The molecule has 0 saturated heterocycles. The van der Waals surface area contributed by atoms with Crippen molar-refractivity contribution in [1.82, 2.24) is 14.9 Å². The highest BCUT2D eigenvalue weighted by atomic mass is 16.5. The Morgan fingerprint density at radius 2 is 2.28 bits per heavy atom. The van der Waals surface area contributed by atoms with Crippen LogP contribution in [0.3, 0.4) is 0 Å². The molecule has 18 heavy (non-hydrogen) atoms. The van der Waals surface area contributed by atoms with E-state index in [1.165, 1.54) is 7.11 Å². The Morgan fingerprint density at radius 3 is 2.72 bits per heavy atom. The van der Waals surface area contributed by atoms with Gasteiger partial charge in [-0.3, -0.25) is 5.32 Å². The fourth-order valence-corrected chi connectivity index (χ4v) is 2.12. The van der Waals surface area contributed by atoms with Crippen LogP contribution in [-0.4, -0.2) is 34.2 Å². The molecule has 1 aliphatic rings. The highest BCUT2D eigenvalue weighted by Gasteiger charge is 2.40. The van der Waals surface area contributed by atoms with Crippen molar-refractivity contribution >= 4 is 5.97 Å². The minimum atomic E-state index is -0.687. The Kier molecular flexibility index (Phi) is 3.43. The van der Waals surface area contributed by atoms with E-state index in [1.807, 2.05) is 25.3 Å². The van der Waals surface area contributed by atoms with Gasteiger partial charge in [0.25, 0.3) is 0 Å². The van der Waals surface area contributed by atoms with E-state index in [1.54, 1.807) is 6.33 Å². The van der Waals surface area contributed by atoms with E-state index in [2.05, 4.69) is 10.3 Å². The van der Waals surface area contributed by atoms with Crippen LogP contribution < -0.4 is 5.32 Å². The zero-order valence-corrected chi connectivity index (χ0v) is 11.5. The molecule has 0 aliphatic heterocycles. The Labute approximate surface area is 108 Å². The summed E-state index contributed by atoms with van der Waals surface area (Å²) in [6, 6.07) is 0.444. The smallest absolute Gasteiger partial charge is 0.327 e. The van der Waals surface area contributed by atoms with Crippen molar-refractivity contribution in [2.24, 2.45) is 0 Å². The first-order valence-corrected chi connectivity index (χ1v) is 6.31. The number of rotatable bonds is 5. The summed E-state index contributed by atoms with van der Waals surface area (Å²) in [4.78, 5) is 16.3. The van der Waals surface area contributed by atoms with Gasteiger partial charge in [0.2, 0.25) is 0 Å². The van der Waals surface area contributed by atoms with Gasteiger partial charge in [-0.2, -0.15) is 0 Å². The summed E-state index contributed by atoms with van der Waals surface area (Å²) in [5.74, 6) is -0.222. The molecule has 1 unspecified atom stereocenters. The topological polar surface area (TPSA) is 56.2 Å². The highest BCUT2D eigenvalue weighted by molar-refractivity contribution is 5.80. The molecule has 1 atom stereocenters. The largest absolute Gasteiger partial charge is 0.468 e. The van der Waals surface area contributed by atoms with E-state index in [0.717, 1.165) is 24.2 Å². The van der Waals surface area contributed by atoms with Gasteiger partial charge in [0.15, 0.2) is 0 Å². The van der Waals surface area contributed by atoms with Gasteiger partial charge in [-0.05, 0) is 33.6 Å². The molecule has 1 aromatic heterocycles.